The van der Waals surface area contributed by atoms with E-state index in [2.05, 4.69) is 0 Å². The van der Waals surface area contributed by atoms with Crippen LogP contribution in [0, 0.1) is 5.92 Å². The Hall–Kier alpha value is -2.55. The lowest BCUT2D eigenvalue weighted by Gasteiger charge is -2.31. The summed E-state index contributed by atoms with van der Waals surface area (Å²) in [4.78, 5) is 29.7. The number of nitrogens with zero attached hydrogens (tertiary/aromatic N) is 1. The topological polar surface area (TPSA) is 46.5 Å². The fraction of sp³-hybridized carbons (Fsp3) is 0.286. The van der Waals surface area contributed by atoms with E-state index in [1.165, 1.54) is 0 Å². The molecule has 2 unspecified atom stereocenters. The molecule has 0 aromatic heterocycles. The molecule has 3 rings (SSSR count). The van der Waals surface area contributed by atoms with Crippen LogP contribution in [-0.4, -0.2) is 17.1 Å². The Morgan fingerprint density at radius 3 is 2.33 bits per heavy atom. The van der Waals surface area contributed by atoms with Crippen molar-refractivity contribution in [3.05, 3.63) is 70.7 Å². The lowest BCUT2D eigenvalue weighted by molar-refractivity contribution is -0.118. The molecule has 0 saturated carbocycles. The molecule has 24 heavy (non-hydrogen) atoms. The van der Waals surface area contributed by atoms with E-state index in [0.717, 1.165) is 10.6 Å². The largest absolute Gasteiger partial charge is 0.300 e. The maximum atomic E-state index is 13.2. The fourth-order valence-electron chi connectivity index (χ4n) is 3.43. The Morgan fingerprint density at radius 1 is 1.04 bits per heavy atom. The summed E-state index contributed by atoms with van der Waals surface area (Å²) < 4.78 is 0. The second kappa shape index (κ2) is 6.16. The molecule has 1 heterocycles. The highest BCUT2D eigenvalue weighted by Crippen LogP contribution is 2.36. The van der Waals surface area contributed by atoms with E-state index in [1.54, 1.807) is 6.92 Å². The zero-order valence-electron chi connectivity index (χ0n) is 14.2. The van der Waals surface area contributed by atoms with Crippen molar-refractivity contribution in [2.24, 2.45) is 10.9 Å². The number of fused-ring (bicyclic) bond motifs is 1. The summed E-state index contributed by atoms with van der Waals surface area (Å²) in [6.45, 7) is 5.55. The first-order valence-corrected chi connectivity index (χ1v) is 8.22. The van der Waals surface area contributed by atoms with E-state index in [9.17, 15) is 9.59 Å². The van der Waals surface area contributed by atoms with Gasteiger partial charge in [0.15, 0.2) is 5.78 Å². The van der Waals surface area contributed by atoms with Crippen LogP contribution in [0.1, 0.15) is 37.6 Å². The average Bonchev–Trinajstić information content (AvgIpc) is 2.87. The second-order valence-corrected chi connectivity index (χ2v) is 6.65. The van der Waals surface area contributed by atoms with Crippen LogP contribution in [0.3, 0.4) is 0 Å². The number of carbonyl (C=O) groups excluding carboxylic acids is 2. The third-order valence-corrected chi connectivity index (χ3v) is 4.85. The Kier molecular flexibility index (Phi) is 4.18. The monoisotopic (exact) mass is 319 g/mol. The van der Waals surface area contributed by atoms with Crippen LogP contribution in [0.4, 0.5) is 0 Å². The molecule has 0 saturated heterocycles. The maximum absolute atomic E-state index is 13.2. The first kappa shape index (κ1) is 16.3. The molecule has 0 amide bonds. The number of para-hydroxylation sites is 1. The van der Waals surface area contributed by atoms with Crippen molar-refractivity contribution in [3.63, 3.8) is 0 Å². The van der Waals surface area contributed by atoms with Crippen molar-refractivity contribution in [3.8, 4) is 0 Å². The third kappa shape index (κ3) is 2.71. The molecular weight excluding hydrogens is 298 g/mol. The van der Waals surface area contributed by atoms with Gasteiger partial charge in [0.25, 0.3) is 0 Å². The average molecular weight is 319 g/mol. The zero-order valence-corrected chi connectivity index (χ0v) is 14.2. The van der Waals surface area contributed by atoms with Crippen molar-refractivity contribution in [1.29, 1.82) is 0 Å². The van der Waals surface area contributed by atoms with Crippen molar-refractivity contribution < 1.29 is 9.59 Å². The summed E-state index contributed by atoms with van der Waals surface area (Å²) in [6, 6.07) is 17.0. The smallest absolute Gasteiger partial charge is 0.192 e. The van der Waals surface area contributed by atoms with Crippen molar-refractivity contribution >= 4 is 17.1 Å². The molecule has 2 atom stereocenters. The number of rotatable bonds is 5. The fourth-order valence-corrected chi connectivity index (χ4v) is 3.43. The van der Waals surface area contributed by atoms with E-state index < -0.39 is 5.54 Å². The molecule has 0 N–H and O–H groups in total. The Balaban J connectivity index is 2.20. The molecule has 0 fully saturated rings. The molecule has 3 heteroatoms. The molecule has 122 valence electrons. The van der Waals surface area contributed by atoms with Crippen LogP contribution in [0.5, 0.6) is 0 Å². The number of ketones is 2. The second-order valence-electron chi connectivity index (χ2n) is 6.65. The van der Waals surface area contributed by atoms with Gasteiger partial charge in [-0.2, -0.15) is 0 Å². The number of Topliss-reactive ketones (excluding diaryl/α,β-unsaturated/α-hetero) is 2. The predicted molar refractivity (Wildman–Crippen MR) is 94.3 cm³/mol. The van der Waals surface area contributed by atoms with Crippen LogP contribution in [0.15, 0.2) is 59.6 Å². The predicted octanol–water partition coefficient (Wildman–Crippen LogP) is 2.73. The first-order valence-electron chi connectivity index (χ1n) is 8.22. The van der Waals surface area contributed by atoms with Gasteiger partial charge in [-0.3, -0.25) is 9.79 Å². The van der Waals surface area contributed by atoms with Crippen LogP contribution in [0.2, 0.25) is 0 Å². The Labute approximate surface area is 141 Å². The highest BCUT2D eigenvalue weighted by atomic mass is 16.1. The van der Waals surface area contributed by atoms with Crippen LogP contribution < -0.4 is 10.6 Å². The number of benzene rings is 2. The molecule has 1 aliphatic heterocycles. The van der Waals surface area contributed by atoms with Gasteiger partial charge in [-0.15, -0.1) is 0 Å². The molecular formula is C21H21NO2. The van der Waals surface area contributed by atoms with E-state index in [-0.39, 0.29) is 17.5 Å². The number of carbonyl (C=O) groups is 2. The molecule has 1 aliphatic rings. The van der Waals surface area contributed by atoms with E-state index in [4.69, 9.17) is 4.99 Å². The number of hydrogen-bond donors (Lipinski definition) is 0. The zero-order chi connectivity index (χ0) is 17.3. The lowest BCUT2D eigenvalue weighted by Crippen LogP contribution is -2.37. The summed E-state index contributed by atoms with van der Waals surface area (Å²) >= 11 is 0. The molecule has 0 spiro atoms. The number of hydrogen-bond acceptors (Lipinski definition) is 3. The van der Waals surface area contributed by atoms with Gasteiger partial charge < -0.3 is 4.79 Å². The van der Waals surface area contributed by atoms with Crippen LogP contribution in [-0.2, 0) is 4.79 Å². The van der Waals surface area contributed by atoms with Gasteiger partial charge in [0.1, 0.15) is 5.78 Å². The molecule has 0 aliphatic carbocycles. The van der Waals surface area contributed by atoms with Crippen LogP contribution in [0.25, 0.3) is 5.57 Å². The molecule has 3 nitrogen and oxygen atoms in total. The van der Waals surface area contributed by atoms with Gasteiger partial charge in [0.05, 0.1) is 10.9 Å². The van der Waals surface area contributed by atoms with Gasteiger partial charge in [0, 0.05) is 22.8 Å². The van der Waals surface area contributed by atoms with Gasteiger partial charge in [-0.05, 0) is 25.8 Å². The molecule has 0 bridgehead atoms. The van der Waals surface area contributed by atoms with Crippen molar-refractivity contribution in [2.75, 3.05) is 0 Å². The molecule has 0 radical (unpaired) electrons. The summed E-state index contributed by atoms with van der Waals surface area (Å²) in [5.74, 6) is 0.0497. The highest BCUT2D eigenvalue weighted by molar-refractivity contribution is 6.26. The maximum Gasteiger partial charge on any atom is 0.192 e. The normalized spacial score (nSPS) is 20.2. The quantitative estimate of drug-likeness (QED) is 0.796. The Morgan fingerprint density at radius 2 is 1.67 bits per heavy atom. The summed E-state index contributed by atoms with van der Waals surface area (Å²) in [6.07, 6.45) is 0.402. The minimum Gasteiger partial charge on any atom is -0.300 e. The minimum atomic E-state index is -0.692. The molecule has 2 aromatic rings. The van der Waals surface area contributed by atoms with E-state index >= 15 is 0 Å². The minimum absolute atomic E-state index is 0.0118. The lowest BCUT2D eigenvalue weighted by atomic mass is 9.76. The van der Waals surface area contributed by atoms with Crippen molar-refractivity contribution in [1.82, 2.24) is 0 Å². The van der Waals surface area contributed by atoms with Gasteiger partial charge in [-0.25, -0.2) is 0 Å². The van der Waals surface area contributed by atoms with Crippen molar-refractivity contribution in [2.45, 2.75) is 32.7 Å². The SMILES string of the molecule is CC(=O)CC(C)C1(C)N=c2ccccc2=C1C(=O)c1ccccc1. The summed E-state index contributed by atoms with van der Waals surface area (Å²) in [7, 11) is 0. The standard InChI is InChI=1S/C21H21NO2/c1-14(13-15(2)23)21(3)19(17-11-7-8-12-18(17)22-21)20(24)16-9-5-4-6-10-16/h4-12,14H,13H2,1-3H3. The van der Waals surface area contributed by atoms with Gasteiger partial charge in [-0.1, -0.05) is 55.5 Å². The highest BCUT2D eigenvalue weighted by Gasteiger charge is 2.41. The molecule has 2 aromatic carbocycles. The van der Waals surface area contributed by atoms with Gasteiger partial charge in [0.2, 0.25) is 0 Å². The third-order valence-electron chi connectivity index (χ3n) is 4.85. The first-order chi connectivity index (χ1) is 11.4. The van der Waals surface area contributed by atoms with E-state index in [0.29, 0.717) is 17.6 Å². The van der Waals surface area contributed by atoms with Gasteiger partial charge >= 0.3 is 0 Å². The Bertz CT molecular complexity index is 914. The summed E-state index contributed by atoms with van der Waals surface area (Å²) in [5.41, 5.74) is 0.654. The van der Waals surface area contributed by atoms with Crippen LogP contribution >= 0.6 is 0 Å². The van der Waals surface area contributed by atoms with E-state index in [1.807, 2.05) is 68.4 Å². The summed E-state index contributed by atoms with van der Waals surface area (Å²) in [5, 5.41) is 1.71.